The number of anilines is 1. The van der Waals surface area contributed by atoms with Crippen molar-refractivity contribution < 1.29 is 14.4 Å². The fourth-order valence-corrected chi connectivity index (χ4v) is 9.08. The molecular weight excluding hydrogens is 608 g/mol. The minimum atomic E-state index is -0.00182. The molecule has 49 heavy (non-hydrogen) atoms. The summed E-state index contributed by atoms with van der Waals surface area (Å²) >= 11 is 0. The van der Waals surface area contributed by atoms with E-state index < -0.39 is 0 Å². The van der Waals surface area contributed by atoms with Gasteiger partial charge >= 0.3 is 0 Å². The third-order valence-electron chi connectivity index (χ3n) is 12.3. The molecule has 7 heteroatoms. The van der Waals surface area contributed by atoms with Crippen molar-refractivity contribution in [2.45, 2.75) is 95.7 Å². The second-order valence-corrected chi connectivity index (χ2v) is 16.4. The summed E-state index contributed by atoms with van der Waals surface area (Å²) in [5.74, 6) is 2.62. The van der Waals surface area contributed by atoms with E-state index in [1.165, 1.54) is 25.7 Å². The first kappa shape index (κ1) is 33.0. The lowest BCUT2D eigenvalue weighted by molar-refractivity contribution is -0.122. The number of carbonyl (C=O) groups is 3. The summed E-state index contributed by atoms with van der Waals surface area (Å²) in [4.78, 5) is 45.6. The standard InChI is InChI=1S/C42H54N4O3/c1-27-4-9-32-20-34(14-17-39(32)43-27)42(49)36-13-16-38(46(26-36)24-29-7-8-29)22-40(47)44-37-15-12-30-19-33(11-10-31(30)21-37)41(48)35-3-2-18-45(25-35)23-28-5-6-28/h10-12,14-15,17,19-21,27-29,32,35-36,38-39,43H,2-9,13,16,18,22-26H2,1H3,(H,44,47). The number of amides is 1. The lowest BCUT2D eigenvalue weighted by Gasteiger charge is -2.40. The first-order chi connectivity index (χ1) is 23.8. The molecule has 7 nitrogen and oxygen atoms in total. The largest absolute Gasteiger partial charge is 0.326 e. The van der Waals surface area contributed by atoms with Crippen LogP contribution in [0.4, 0.5) is 5.69 Å². The second kappa shape index (κ2) is 14.2. The van der Waals surface area contributed by atoms with E-state index in [1.807, 2.05) is 36.4 Å². The molecule has 0 aromatic heterocycles. The molecule has 0 spiro atoms. The Labute approximate surface area is 291 Å². The summed E-state index contributed by atoms with van der Waals surface area (Å²) in [6.45, 7) is 7.15. The van der Waals surface area contributed by atoms with E-state index in [1.54, 1.807) is 0 Å². The fourth-order valence-electron chi connectivity index (χ4n) is 9.08. The Morgan fingerprint density at radius 1 is 0.816 bits per heavy atom. The number of allylic oxidation sites excluding steroid dienone is 2. The third kappa shape index (κ3) is 7.95. The van der Waals surface area contributed by atoms with E-state index in [9.17, 15) is 14.4 Å². The number of hydrogen-bond acceptors (Lipinski definition) is 6. The molecule has 2 aromatic rings. The molecule has 260 valence electrons. The molecule has 2 aromatic carbocycles. The van der Waals surface area contributed by atoms with Crippen molar-refractivity contribution in [1.29, 1.82) is 0 Å². The summed E-state index contributed by atoms with van der Waals surface area (Å²) < 4.78 is 0. The van der Waals surface area contributed by atoms with Crippen LogP contribution in [0.3, 0.4) is 0 Å². The van der Waals surface area contributed by atoms with E-state index in [2.05, 4.69) is 45.6 Å². The lowest BCUT2D eigenvalue weighted by Crippen LogP contribution is -2.48. The van der Waals surface area contributed by atoms with Crippen LogP contribution in [0.25, 0.3) is 10.8 Å². The third-order valence-corrected chi connectivity index (χ3v) is 12.3. The van der Waals surface area contributed by atoms with E-state index in [4.69, 9.17) is 0 Å². The fraction of sp³-hybridized carbons (Fsp3) is 0.595. The zero-order chi connectivity index (χ0) is 33.5. The molecular formula is C42H54N4O3. The van der Waals surface area contributed by atoms with E-state index in [0.29, 0.717) is 30.3 Å². The molecule has 1 amide bonds. The van der Waals surface area contributed by atoms with Crippen LogP contribution >= 0.6 is 0 Å². The maximum atomic E-state index is 13.7. The average Bonchev–Trinajstić information content (AvgIpc) is 4.06. The van der Waals surface area contributed by atoms with Crippen molar-refractivity contribution >= 4 is 33.9 Å². The number of nitrogens with one attached hydrogen (secondary N) is 2. The number of rotatable bonds is 11. The van der Waals surface area contributed by atoms with E-state index in [-0.39, 0.29) is 35.4 Å². The van der Waals surface area contributed by atoms with Crippen molar-refractivity contribution in [1.82, 2.24) is 15.1 Å². The number of carbonyl (C=O) groups excluding carboxylic acids is 3. The van der Waals surface area contributed by atoms with Gasteiger partial charge in [-0.25, -0.2) is 0 Å². The van der Waals surface area contributed by atoms with Crippen molar-refractivity contribution in [3.8, 4) is 0 Å². The molecule has 3 aliphatic carbocycles. The molecule has 0 radical (unpaired) electrons. The van der Waals surface area contributed by atoms with Gasteiger partial charge in [-0.05, 0) is 124 Å². The van der Waals surface area contributed by atoms with Gasteiger partial charge in [-0.2, -0.15) is 0 Å². The number of piperidine rings is 3. The van der Waals surface area contributed by atoms with E-state index in [0.717, 1.165) is 105 Å². The minimum absolute atomic E-state index is 0.00182. The zero-order valence-corrected chi connectivity index (χ0v) is 29.2. The van der Waals surface area contributed by atoms with Gasteiger partial charge in [0.15, 0.2) is 11.6 Å². The summed E-state index contributed by atoms with van der Waals surface area (Å²) in [6.07, 6.45) is 18.2. The Morgan fingerprint density at radius 2 is 1.59 bits per heavy atom. The smallest absolute Gasteiger partial charge is 0.225 e. The van der Waals surface area contributed by atoms with Gasteiger partial charge in [-0.3, -0.25) is 19.3 Å². The quantitative estimate of drug-likeness (QED) is 0.258. The highest BCUT2D eigenvalue weighted by atomic mass is 16.2. The highest BCUT2D eigenvalue weighted by molar-refractivity contribution is 6.02. The van der Waals surface area contributed by atoms with Crippen LogP contribution in [0, 0.1) is 29.6 Å². The first-order valence-corrected chi connectivity index (χ1v) is 19.4. The van der Waals surface area contributed by atoms with Crippen LogP contribution in [0.2, 0.25) is 0 Å². The first-order valence-electron chi connectivity index (χ1n) is 19.4. The molecule has 2 saturated carbocycles. The molecule has 3 saturated heterocycles. The van der Waals surface area contributed by atoms with Crippen LogP contribution in [0.1, 0.15) is 87.9 Å². The topological polar surface area (TPSA) is 81.8 Å². The Hall–Kier alpha value is -3.13. The number of Topliss-reactive ketones (excluding diaryl/α,β-unsaturated/α-hetero) is 2. The van der Waals surface area contributed by atoms with Gasteiger partial charge in [-0.15, -0.1) is 0 Å². The van der Waals surface area contributed by atoms with Crippen molar-refractivity contribution in [2.75, 3.05) is 38.0 Å². The molecule has 2 N–H and O–H groups in total. The summed E-state index contributed by atoms with van der Waals surface area (Å²) in [6, 6.07) is 13.1. The Bertz CT molecular complexity index is 1640. The van der Waals surface area contributed by atoms with Crippen LogP contribution in [-0.4, -0.2) is 78.1 Å². The normalized spacial score (nSPS) is 30.8. The molecule has 6 atom stereocenters. The van der Waals surface area contributed by atoms with Crippen LogP contribution in [0.15, 0.2) is 60.2 Å². The Morgan fingerprint density at radius 3 is 2.43 bits per heavy atom. The minimum Gasteiger partial charge on any atom is -0.326 e. The van der Waals surface area contributed by atoms with E-state index >= 15 is 0 Å². The monoisotopic (exact) mass is 662 g/mol. The molecule has 6 unspecified atom stereocenters. The van der Waals surface area contributed by atoms with Crippen LogP contribution < -0.4 is 10.6 Å². The number of benzene rings is 2. The summed E-state index contributed by atoms with van der Waals surface area (Å²) in [7, 11) is 0. The predicted molar refractivity (Wildman–Crippen MR) is 196 cm³/mol. The Kier molecular flexibility index (Phi) is 9.60. The maximum absolute atomic E-state index is 13.7. The number of likely N-dealkylation sites (tertiary alicyclic amines) is 2. The predicted octanol–water partition coefficient (Wildman–Crippen LogP) is 6.79. The number of ketones is 2. The SMILES string of the molecule is CC1CCC2C=C(C(=O)C3CCC(CC(=O)Nc4ccc5cc(C(=O)C6CCCN(CC7CC7)C6)ccc5c4)N(CC4CC4)C3)C=CC2N1. The summed E-state index contributed by atoms with van der Waals surface area (Å²) in [5.41, 5.74) is 2.48. The molecule has 0 bridgehead atoms. The van der Waals surface area contributed by atoms with Gasteiger partial charge in [-0.1, -0.05) is 36.4 Å². The van der Waals surface area contributed by atoms with Gasteiger partial charge in [0, 0.05) is 79.4 Å². The van der Waals surface area contributed by atoms with Crippen molar-refractivity contribution in [3.63, 3.8) is 0 Å². The van der Waals surface area contributed by atoms with Gasteiger partial charge < -0.3 is 15.5 Å². The lowest BCUT2D eigenvalue weighted by atomic mass is 9.79. The molecule has 5 fully saturated rings. The molecule has 3 heterocycles. The second-order valence-electron chi connectivity index (χ2n) is 16.4. The van der Waals surface area contributed by atoms with Gasteiger partial charge in [0.05, 0.1) is 0 Å². The highest BCUT2D eigenvalue weighted by Gasteiger charge is 2.38. The zero-order valence-electron chi connectivity index (χ0n) is 29.2. The molecule has 3 aliphatic heterocycles. The number of nitrogens with zero attached hydrogens (tertiary/aromatic N) is 2. The van der Waals surface area contributed by atoms with Crippen molar-refractivity contribution in [3.05, 3.63) is 65.8 Å². The number of fused-ring (bicyclic) bond motifs is 2. The Balaban J connectivity index is 0.871. The van der Waals surface area contributed by atoms with Crippen LogP contribution in [0.5, 0.6) is 0 Å². The van der Waals surface area contributed by atoms with Gasteiger partial charge in [0.2, 0.25) is 5.91 Å². The van der Waals surface area contributed by atoms with Gasteiger partial charge in [0.1, 0.15) is 0 Å². The van der Waals surface area contributed by atoms with Crippen LogP contribution in [-0.2, 0) is 9.59 Å². The summed E-state index contributed by atoms with van der Waals surface area (Å²) in [5, 5.41) is 8.89. The number of hydrogen-bond donors (Lipinski definition) is 2. The maximum Gasteiger partial charge on any atom is 0.225 e. The molecule has 6 aliphatic rings. The highest BCUT2D eigenvalue weighted by Crippen LogP contribution is 2.36. The van der Waals surface area contributed by atoms with Crippen molar-refractivity contribution in [2.24, 2.45) is 29.6 Å². The molecule has 8 rings (SSSR count). The van der Waals surface area contributed by atoms with Gasteiger partial charge in [0.25, 0.3) is 0 Å². The average molecular weight is 663 g/mol.